The van der Waals surface area contributed by atoms with Crippen LogP contribution in [0, 0.1) is 5.82 Å². The first-order valence-electron chi connectivity index (χ1n) is 8.56. The second-order valence-electron chi connectivity index (χ2n) is 6.77. The fourth-order valence-corrected chi connectivity index (χ4v) is 4.36. The minimum absolute atomic E-state index is 0.0157. The van der Waals surface area contributed by atoms with Gasteiger partial charge in [0.25, 0.3) is 5.91 Å². The van der Waals surface area contributed by atoms with Gasteiger partial charge in [0.2, 0.25) is 10.0 Å². The summed E-state index contributed by atoms with van der Waals surface area (Å²) in [7, 11) is -3.79. The van der Waals surface area contributed by atoms with E-state index in [1.165, 1.54) is 48.5 Å². The normalized spacial score (nSPS) is 16.7. The summed E-state index contributed by atoms with van der Waals surface area (Å²) < 4.78 is 46.5. The Morgan fingerprint density at radius 2 is 1.78 bits per heavy atom. The van der Waals surface area contributed by atoms with Gasteiger partial charge < -0.3 is 10.1 Å². The van der Waals surface area contributed by atoms with Crippen molar-refractivity contribution < 1.29 is 22.3 Å². The molecule has 1 aliphatic heterocycles. The average Bonchev–Trinajstić information content (AvgIpc) is 2.63. The molecule has 0 radical (unpaired) electrons. The summed E-state index contributed by atoms with van der Waals surface area (Å²) in [6, 6.07) is 11.1. The molecule has 0 aromatic heterocycles. The molecule has 0 spiro atoms. The first kappa shape index (κ1) is 19.5. The zero-order valence-corrected chi connectivity index (χ0v) is 15.7. The topological polar surface area (TPSA) is 84.5 Å². The Bertz CT molecular complexity index is 923. The van der Waals surface area contributed by atoms with E-state index in [-0.39, 0.29) is 10.5 Å². The number of amides is 1. The number of carbonyl (C=O) groups excluding carboxylic acids is 1. The minimum Gasteiger partial charge on any atom is -0.381 e. The smallest absolute Gasteiger partial charge is 0.255 e. The molecule has 0 unspecified atom stereocenters. The van der Waals surface area contributed by atoms with Crippen LogP contribution in [0.5, 0.6) is 0 Å². The molecule has 2 N–H and O–H groups in total. The van der Waals surface area contributed by atoms with Crippen molar-refractivity contribution in [1.82, 2.24) is 4.72 Å². The van der Waals surface area contributed by atoms with Crippen molar-refractivity contribution in [2.24, 2.45) is 0 Å². The van der Waals surface area contributed by atoms with Gasteiger partial charge in [-0.05, 0) is 62.2 Å². The van der Waals surface area contributed by atoms with Crippen molar-refractivity contribution in [3.8, 4) is 0 Å². The molecule has 6 nitrogen and oxygen atoms in total. The molecule has 3 rings (SSSR count). The molecular formula is C19H21FN2O4S. The fraction of sp³-hybridized carbons (Fsp3) is 0.316. The summed E-state index contributed by atoms with van der Waals surface area (Å²) in [5.41, 5.74) is 0.0329. The highest BCUT2D eigenvalue weighted by molar-refractivity contribution is 7.89. The minimum atomic E-state index is -3.79. The molecule has 1 amide bonds. The van der Waals surface area contributed by atoms with Crippen molar-refractivity contribution in [3.63, 3.8) is 0 Å². The Morgan fingerprint density at radius 3 is 2.44 bits per heavy atom. The SMILES string of the molecule is CC1(NS(=O)(=O)c2cccc(C(=O)Nc3ccc(F)cc3)c2)CCOCC1. The van der Waals surface area contributed by atoms with Crippen LogP contribution < -0.4 is 10.0 Å². The van der Waals surface area contributed by atoms with Crippen LogP contribution >= 0.6 is 0 Å². The van der Waals surface area contributed by atoms with Crippen LogP contribution in [0.4, 0.5) is 10.1 Å². The van der Waals surface area contributed by atoms with Gasteiger partial charge >= 0.3 is 0 Å². The molecule has 1 fully saturated rings. The van der Waals surface area contributed by atoms with E-state index in [1.54, 1.807) is 0 Å². The third-order valence-corrected chi connectivity index (χ3v) is 6.12. The zero-order chi connectivity index (χ0) is 19.5. The highest BCUT2D eigenvalue weighted by atomic mass is 32.2. The molecule has 0 atom stereocenters. The maximum absolute atomic E-state index is 13.0. The average molecular weight is 392 g/mol. The second kappa shape index (κ2) is 7.75. The zero-order valence-electron chi connectivity index (χ0n) is 14.9. The number of hydrogen-bond donors (Lipinski definition) is 2. The van der Waals surface area contributed by atoms with Gasteiger partial charge in [0.1, 0.15) is 5.82 Å². The fourth-order valence-electron chi connectivity index (χ4n) is 2.85. The van der Waals surface area contributed by atoms with Crippen LogP contribution in [0.1, 0.15) is 30.1 Å². The Kier molecular flexibility index (Phi) is 5.59. The molecule has 144 valence electrons. The van der Waals surface area contributed by atoms with Gasteiger partial charge in [-0.25, -0.2) is 17.5 Å². The predicted molar refractivity (Wildman–Crippen MR) is 99.6 cm³/mol. The number of anilines is 1. The van der Waals surface area contributed by atoms with Crippen molar-refractivity contribution in [2.45, 2.75) is 30.2 Å². The van der Waals surface area contributed by atoms with E-state index in [4.69, 9.17) is 4.74 Å². The number of carbonyl (C=O) groups is 1. The summed E-state index contributed by atoms with van der Waals surface area (Å²) in [6.07, 6.45) is 1.16. The van der Waals surface area contributed by atoms with E-state index in [0.717, 1.165) is 0 Å². The maximum atomic E-state index is 13.0. The summed E-state index contributed by atoms with van der Waals surface area (Å²) >= 11 is 0. The predicted octanol–water partition coefficient (Wildman–Crippen LogP) is 2.93. The summed E-state index contributed by atoms with van der Waals surface area (Å²) in [6.45, 7) is 2.84. The summed E-state index contributed by atoms with van der Waals surface area (Å²) in [4.78, 5) is 12.4. The van der Waals surface area contributed by atoms with Gasteiger partial charge in [-0.2, -0.15) is 0 Å². The maximum Gasteiger partial charge on any atom is 0.255 e. The van der Waals surface area contributed by atoms with Crippen molar-refractivity contribution in [3.05, 3.63) is 59.9 Å². The number of ether oxygens (including phenoxy) is 1. The van der Waals surface area contributed by atoms with E-state index in [2.05, 4.69) is 10.0 Å². The van der Waals surface area contributed by atoms with E-state index in [0.29, 0.717) is 31.7 Å². The van der Waals surface area contributed by atoms with Crippen molar-refractivity contribution in [1.29, 1.82) is 0 Å². The Hall–Kier alpha value is -2.29. The van der Waals surface area contributed by atoms with Crippen molar-refractivity contribution in [2.75, 3.05) is 18.5 Å². The third-order valence-electron chi connectivity index (χ3n) is 4.49. The highest BCUT2D eigenvalue weighted by Gasteiger charge is 2.32. The Balaban J connectivity index is 1.77. The Labute approximate surface area is 157 Å². The van der Waals surface area contributed by atoms with Crippen LogP contribution in [0.3, 0.4) is 0 Å². The van der Waals surface area contributed by atoms with Crippen LogP contribution in [-0.2, 0) is 14.8 Å². The van der Waals surface area contributed by atoms with Crippen molar-refractivity contribution >= 4 is 21.6 Å². The molecule has 27 heavy (non-hydrogen) atoms. The summed E-state index contributed by atoms with van der Waals surface area (Å²) in [5.74, 6) is -0.885. The van der Waals surface area contributed by atoms with Crippen LogP contribution in [0.25, 0.3) is 0 Å². The molecule has 0 bridgehead atoms. The molecular weight excluding hydrogens is 371 g/mol. The molecule has 2 aromatic carbocycles. The van der Waals surface area contributed by atoms with Gasteiger partial charge in [-0.1, -0.05) is 6.07 Å². The Morgan fingerprint density at radius 1 is 1.11 bits per heavy atom. The second-order valence-corrected chi connectivity index (χ2v) is 8.45. The number of nitrogens with one attached hydrogen (secondary N) is 2. The molecule has 0 saturated carbocycles. The first-order chi connectivity index (χ1) is 12.8. The first-order valence-corrected chi connectivity index (χ1v) is 10.0. The van der Waals surface area contributed by atoms with E-state index in [9.17, 15) is 17.6 Å². The van der Waals surface area contributed by atoms with Gasteiger partial charge in [0.15, 0.2) is 0 Å². The lowest BCUT2D eigenvalue weighted by atomic mass is 9.94. The van der Waals surface area contributed by atoms with Crippen LogP contribution in [0.15, 0.2) is 53.4 Å². The lowest BCUT2D eigenvalue weighted by Crippen LogP contribution is -2.49. The van der Waals surface area contributed by atoms with Crippen LogP contribution in [0.2, 0.25) is 0 Å². The van der Waals surface area contributed by atoms with Gasteiger partial charge in [0, 0.05) is 30.0 Å². The molecule has 0 aliphatic carbocycles. The third kappa shape index (κ3) is 4.91. The lowest BCUT2D eigenvalue weighted by molar-refractivity contribution is 0.0537. The molecule has 8 heteroatoms. The van der Waals surface area contributed by atoms with Gasteiger partial charge in [0.05, 0.1) is 4.90 Å². The molecule has 2 aromatic rings. The quantitative estimate of drug-likeness (QED) is 0.819. The number of halogens is 1. The summed E-state index contributed by atoms with van der Waals surface area (Å²) in [5, 5.41) is 2.62. The highest BCUT2D eigenvalue weighted by Crippen LogP contribution is 2.23. The number of sulfonamides is 1. The number of hydrogen-bond acceptors (Lipinski definition) is 4. The van der Waals surface area contributed by atoms with Gasteiger partial charge in [-0.3, -0.25) is 4.79 Å². The van der Waals surface area contributed by atoms with E-state index in [1.807, 2.05) is 6.92 Å². The van der Waals surface area contributed by atoms with E-state index < -0.39 is 27.3 Å². The van der Waals surface area contributed by atoms with Gasteiger partial charge in [-0.15, -0.1) is 0 Å². The monoisotopic (exact) mass is 392 g/mol. The molecule has 1 aliphatic rings. The van der Waals surface area contributed by atoms with E-state index >= 15 is 0 Å². The number of benzene rings is 2. The molecule has 1 heterocycles. The number of rotatable bonds is 5. The van der Waals surface area contributed by atoms with Crippen LogP contribution in [-0.4, -0.2) is 33.1 Å². The largest absolute Gasteiger partial charge is 0.381 e. The molecule has 1 saturated heterocycles. The lowest BCUT2D eigenvalue weighted by Gasteiger charge is -2.34. The standard InChI is InChI=1S/C19H21FN2O4S/c1-19(9-11-26-12-10-19)22-27(24,25)17-4-2-3-14(13-17)18(23)21-16-7-5-15(20)6-8-16/h2-8,13,22H,9-12H2,1H3,(H,21,23).